The Hall–Kier alpha value is -7.84. The molecule has 0 amide bonds. The van der Waals surface area contributed by atoms with Crippen molar-refractivity contribution in [3.8, 4) is 23.0 Å². The second kappa shape index (κ2) is 37.5. The SMILES string of the molecule is O=c1[nH]c(=S)n([C@@H]2O[C@](F)(COP3(=O)OCc4ccccc4O3)[C@@H](O)[C@H]2O)cc1CO.[2H]C([2H])(OP1(=O)OCc2ccccc2O1)[C@@]1(F)O[C@@H](n2cc(CO)c(=O)[nH]c2=S)[C@H](O)[C@@H]1O.[2H]C([2H])(OP1(=O)OCc2ccccc2O1)[C@@]1(F)O[C@@]([2H])(n2cc(CO)c(=O)[nH]c2=S)[C@H](O)[C@@H]1O.[2H][C@@]1(n2cc(CO)c(=O)[nH]c2=S)O[C@](F)(COP2(=O)OCc3ccccc3O2)[C@@H](O)[C@H]1O. The van der Waals surface area contributed by atoms with Gasteiger partial charge in [-0.3, -0.25) is 93.6 Å². The lowest BCUT2D eigenvalue weighted by atomic mass is 10.1. The number of fused-ring (bicyclic) bond motifs is 4. The second-order valence-electron chi connectivity index (χ2n) is 26.9. The van der Waals surface area contributed by atoms with Gasteiger partial charge in [-0.1, -0.05) is 72.8 Å². The van der Waals surface area contributed by atoms with E-state index in [-0.39, 0.29) is 81.2 Å². The zero-order valence-electron chi connectivity index (χ0n) is 68.3. The molecule has 56 heteroatoms. The van der Waals surface area contributed by atoms with E-state index in [4.69, 9.17) is 130 Å². The predicted molar refractivity (Wildman–Crippen MR) is 413 cm³/mol. The summed E-state index contributed by atoms with van der Waals surface area (Å²) in [5.41, 5.74) is -1.83. The lowest BCUT2D eigenvalue weighted by Gasteiger charge is -2.28. The molecule has 4 fully saturated rings. The van der Waals surface area contributed by atoms with Gasteiger partial charge in [0, 0.05) is 47.0 Å². The minimum absolute atomic E-state index is 0.0274. The van der Waals surface area contributed by atoms with Gasteiger partial charge in [-0.2, -0.15) is 0 Å². The van der Waals surface area contributed by atoms with Gasteiger partial charge in [0.2, 0.25) is 0 Å². The number of H-pyrrole nitrogens is 4. The van der Waals surface area contributed by atoms with Gasteiger partial charge in [0.05, 0.1) is 83.3 Å². The predicted octanol–water partition coefficient (Wildman–Crippen LogP) is 4.19. The number of ether oxygens (including phenoxy) is 4. The number of aliphatic hydroxyl groups excluding tert-OH is 12. The highest BCUT2D eigenvalue weighted by molar-refractivity contribution is 7.71. The van der Waals surface area contributed by atoms with Crippen molar-refractivity contribution in [3.05, 3.63) is 227 Å². The highest BCUT2D eigenvalue weighted by Crippen LogP contribution is 2.60. The number of aromatic amines is 4. The number of hydrogen-bond acceptors (Lipinski definition) is 40. The number of aromatic nitrogens is 8. The van der Waals surface area contributed by atoms with Crippen LogP contribution in [0.15, 0.2) is 141 Å². The maximum absolute atomic E-state index is 15.9. The first-order valence-electron chi connectivity index (χ1n) is 38.4. The fourth-order valence-corrected chi connectivity index (χ4v) is 17.6. The third kappa shape index (κ3) is 19.7. The molecule has 4 saturated heterocycles. The molecular weight excluding hydrogens is 1830 g/mol. The largest absolute Gasteiger partial charge is 0.530 e. The van der Waals surface area contributed by atoms with Crippen LogP contribution in [0.1, 0.15) is 77.6 Å². The Bertz CT molecular complexity index is 6410. The number of para-hydroxylation sites is 4. The molecule has 4 aromatic heterocycles. The van der Waals surface area contributed by atoms with Crippen LogP contribution in [0.4, 0.5) is 17.6 Å². The molecule has 44 nitrogen and oxygen atoms in total. The first kappa shape index (κ1) is 85.6. The number of nitrogens with zero attached hydrogens (tertiary/aromatic N) is 4. The first-order valence-corrected chi connectivity index (χ1v) is 42.9. The van der Waals surface area contributed by atoms with Gasteiger partial charge in [-0.05, 0) is 73.1 Å². The standard InChI is InChI=1S/4C17H18FN2O9PS/c4*18-17(8-27-30(25)26-7-9-3-1-2-4-11(9)29-30)13(23)12(22)15(28-17)20-5-10(6-21)14(24)19-16(20)31/h4*1-5,12-13,15,21-23H,6-8H2,(H,19,24,31)/t4*12-,13+,15-,17-,30?/m1111/s1/i8D2,15D;15D;8D2;. The number of phosphoric acid groups is 4. The molecule has 8 aliphatic heterocycles. The minimum Gasteiger partial charge on any atom is -0.404 e. The van der Waals surface area contributed by atoms with Crippen LogP contribution in [0, 0.1) is 19.1 Å². The van der Waals surface area contributed by atoms with Crippen LogP contribution < -0.4 is 40.3 Å². The molecule has 672 valence electrons. The summed E-state index contributed by atoms with van der Waals surface area (Å²) in [5.74, 6) is -13.5. The summed E-state index contributed by atoms with van der Waals surface area (Å²) in [6, 6.07) is 25.5. The van der Waals surface area contributed by atoms with Gasteiger partial charge in [-0.15, -0.1) is 0 Å². The molecular formula is C68H72F4N8O36P4S4. The van der Waals surface area contributed by atoms with Crippen LogP contribution >= 0.6 is 80.2 Å². The van der Waals surface area contributed by atoms with Crippen LogP contribution in [0.3, 0.4) is 0 Å². The lowest BCUT2D eigenvalue weighted by Crippen LogP contribution is -2.43. The highest BCUT2D eigenvalue weighted by atomic mass is 32.1. The maximum Gasteiger partial charge on any atom is 0.530 e. The Labute approximate surface area is 719 Å². The molecule has 0 saturated carbocycles. The van der Waals surface area contributed by atoms with Crippen molar-refractivity contribution in [2.45, 2.75) is 150 Å². The quantitative estimate of drug-likeness (QED) is 0.0289. The van der Waals surface area contributed by atoms with E-state index in [2.05, 4.69) is 19.9 Å². The Kier molecular flexibility index (Phi) is 25.9. The molecule has 12 heterocycles. The van der Waals surface area contributed by atoms with Crippen LogP contribution in [0.25, 0.3) is 0 Å². The van der Waals surface area contributed by atoms with Crippen molar-refractivity contribution in [1.82, 2.24) is 38.2 Å². The summed E-state index contributed by atoms with van der Waals surface area (Å²) in [5, 5.41) is 120. The second-order valence-corrected chi connectivity index (χ2v) is 34.6. The number of phosphoric ester groups is 4. The average Bonchev–Trinajstić information content (AvgIpc) is 1.55. The van der Waals surface area contributed by atoms with E-state index >= 15 is 17.6 Å². The molecule has 0 spiro atoms. The number of benzene rings is 4. The number of nitrogens with one attached hydrogen (secondary N) is 4. The molecule has 16 rings (SSSR count). The molecule has 20 atom stereocenters. The van der Waals surface area contributed by atoms with E-state index in [0.717, 1.165) is 33.9 Å². The number of hydrogen-bond donors (Lipinski definition) is 16. The highest BCUT2D eigenvalue weighted by Gasteiger charge is 2.62. The molecule has 0 radical (unpaired) electrons. The van der Waals surface area contributed by atoms with Crippen LogP contribution in [0.2, 0.25) is 0 Å². The fourth-order valence-electron chi connectivity index (χ4n) is 12.0. The monoisotopic (exact) mass is 1910 g/mol. The summed E-state index contributed by atoms with van der Waals surface area (Å²) in [7, 11) is -18.1. The van der Waals surface area contributed by atoms with E-state index in [1.165, 1.54) is 30.3 Å². The minimum atomic E-state index is -4.81. The Balaban J connectivity index is 0.000000148. The van der Waals surface area contributed by atoms with Crippen molar-refractivity contribution in [3.63, 3.8) is 0 Å². The molecule has 124 heavy (non-hydrogen) atoms. The van der Waals surface area contributed by atoms with E-state index in [1.807, 2.05) is 0 Å². The Morgan fingerprint density at radius 3 is 0.952 bits per heavy atom. The zero-order chi connectivity index (χ0) is 95.0. The molecule has 0 aliphatic carbocycles. The average molecular weight is 1910 g/mol. The van der Waals surface area contributed by atoms with E-state index in [9.17, 15) is 98.7 Å². The summed E-state index contributed by atoms with van der Waals surface area (Å²) < 4.78 is 244. The summed E-state index contributed by atoms with van der Waals surface area (Å²) in [6.07, 6.45) is -24.1. The van der Waals surface area contributed by atoms with E-state index in [0.29, 0.717) is 31.4 Å². The number of aliphatic hydroxyl groups is 12. The van der Waals surface area contributed by atoms with Crippen LogP contribution in [0.5, 0.6) is 23.0 Å². The first-order chi connectivity index (χ1) is 60.8. The van der Waals surface area contributed by atoms with Crippen molar-refractivity contribution >= 4 is 80.2 Å². The van der Waals surface area contributed by atoms with Crippen molar-refractivity contribution < 1.29 is 179 Å². The van der Waals surface area contributed by atoms with Crippen LogP contribution in [-0.4, -0.2) is 198 Å². The molecule has 4 aromatic carbocycles. The third-order valence-electron chi connectivity index (χ3n) is 18.6. The number of rotatable bonds is 20. The van der Waals surface area contributed by atoms with Gasteiger partial charge in [0.15, 0.2) is 43.9 Å². The van der Waals surface area contributed by atoms with Gasteiger partial charge in [0.1, 0.15) is 98.2 Å². The topological polar surface area (TPSA) is 610 Å². The number of halogens is 4. The fraction of sp³-hybridized carbons (Fsp3) is 0.412. The van der Waals surface area contributed by atoms with Gasteiger partial charge in [0.25, 0.3) is 45.7 Å². The molecule has 16 N–H and O–H groups in total. The smallest absolute Gasteiger partial charge is 0.404 e. The van der Waals surface area contributed by atoms with E-state index in [1.54, 1.807) is 66.7 Å². The summed E-state index contributed by atoms with van der Waals surface area (Å²) in [4.78, 5) is 55.7. The molecule has 8 aromatic rings. The van der Waals surface area contributed by atoms with Crippen molar-refractivity contribution in [2.75, 3.05) is 26.3 Å². The maximum atomic E-state index is 15.9. The van der Waals surface area contributed by atoms with Crippen LogP contribution in [-0.2, 0) is 126 Å². The Morgan fingerprint density at radius 2 is 0.629 bits per heavy atom. The van der Waals surface area contributed by atoms with Crippen molar-refractivity contribution in [1.29, 1.82) is 0 Å². The Morgan fingerprint density at radius 1 is 0.387 bits per heavy atom. The van der Waals surface area contributed by atoms with Gasteiger partial charge >= 0.3 is 31.3 Å². The van der Waals surface area contributed by atoms with E-state index < -0.39 is 213 Å². The van der Waals surface area contributed by atoms with Crippen molar-refractivity contribution in [2.24, 2.45) is 0 Å². The normalized spacial score (nSPS) is 34.6. The van der Waals surface area contributed by atoms with Gasteiger partial charge < -0.3 is 98.3 Å². The summed E-state index contributed by atoms with van der Waals surface area (Å²) >= 11 is 19.8. The third-order valence-corrected chi connectivity index (χ3v) is 24.8. The van der Waals surface area contributed by atoms with Gasteiger partial charge in [-0.25, -0.2) is 35.8 Å². The molecule has 4 unspecified atom stereocenters. The number of alkyl halides is 4. The zero-order valence-corrected chi connectivity index (χ0v) is 69.1. The molecule has 0 bridgehead atoms. The lowest BCUT2D eigenvalue weighted by molar-refractivity contribution is -0.205. The molecule has 8 aliphatic rings. The summed E-state index contributed by atoms with van der Waals surface area (Å²) in [6.45, 7) is -13.7.